The predicted octanol–water partition coefficient (Wildman–Crippen LogP) is 2.83. The SMILES string of the molecule is CC(=O)c1cccc(S(=O)(=O)Nc2ccc(F)cc2)c1. The number of Topliss-reactive ketones (excluding diaryl/α,β-unsaturated/α-hetero) is 1. The number of hydrogen-bond donors (Lipinski definition) is 1. The first-order valence-corrected chi connectivity index (χ1v) is 7.26. The average Bonchev–Trinajstić information content (AvgIpc) is 2.41. The number of rotatable bonds is 4. The summed E-state index contributed by atoms with van der Waals surface area (Å²) in [6, 6.07) is 10.7. The topological polar surface area (TPSA) is 63.2 Å². The van der Waals surface area contributed by atoms with E-state index in [9.17, 15) is 17.6 Å². The Bertz CT molecular complexity index is 739. The van der Waals surface area contributed by atoms with Crippen LogP contribution in [0.15, 0.2) is 53.4 Å². The fraction of sp³-hybridized carbons (Fsp3) is 0.0714. The number of carbonyl (C=O) groups excluding carboxylic acids is 1. The van der Waals surface area contributed by atoms with Gasteiger partial charge < -0.3 is 0 Å². The van der Waals surface area contributed by atoms with Crippen molar-refractivity contribution in [3.8, 4) is 0 Å². The lowest BCUT2D eigenvalue weighted by Gasteiger charge is -2.08. The van der Waals surface area contributed by atoms with Crippen LogP contribution < -0.4 is 4.72 Å². The van der Waals surface area contributed by atoms with Gasteiger partial charge in [-0.05, 0) is 43.3 Å². The molecular formula is C14H12FNO3S. The molecule has 2 aromatic rings. The Kier molecular flexibility index (Phi) is 3.85. The van der Waals surface area contributed by atoms with Gasteiger partial charge in [0.05, 0.1) is 4.90 Å². The summed E-state index contributed by atoms with van der Waals surface area (Å²) in [5.74, 6) is -0.671. The van der Waals surface area contributed by atoms with E-state index in [1.54, 1.807) is 6.07 Å². The lowest BCUT2D eigenvalue weighted by molar-refractivity contribution is 0.101. The van der Waals surface area contributed by atoms with Crippen molar-refractivity contribution in [3.05, 3.63) is 59.9 Å². The van der Waals surface area contributed by atoms with E-state index in [-0.39, 0.29) is 16.4 Å². The molecule has 0 aliphatic rings. The van der Waals surface area contributed by atoms with Crippen molar-refractivity contribution in [2.75, 3.05) is 4.72 Å². The summed E-state index contributed by atoms with van der Waals surface area (Å²) >= 11 is 0. The van der Waals surface area contributed by atoms with Crippen LogP contribution in [-0.4, -0.2) is 14.2 Å². The maximum absolute atomic E-state index is 12.8. The van der Waals surface area contributed by atoms with Crippen LogP contribution in [0, 0.1) is 5.82 Å². The number of benzene rings is 2. The molecule has 0 amide bonds. The van der Waals surface area contributed by atoms with Gasteiger partial charge in [-0.3, -0.25) is 9.52 Å². The maximum Gasteiger partial charge on any atom is 0.261 e. The van der Waals surface area contributed by atoms with Gasteiger partial charge in [0.2, 0.25) is 0 Å². The minimum absolute atomic E-state index is 0.0190. The van der Waals surface area contributed by atoms with Crippen molar-refractivity contribution in [1.29, 1.82) is 0 Å². The van der Waals surface area contributed by atoms with Gasteiger partial charge in [-0.25, -0.2) is 12.8 Å². The van der Waals surface area contributed by atoms with E-state index in [2.05, 4.69) is 4.72 Å². The second kappa shape index (κ2) is 5.42. The quantitative estimate of drug-likeness (QED) is 0.882. The number of hydrogen-bond acceptors (Lipinski definition) is 3. The molecule has 6 heteroatoms. The second-order valence-corrected chi connectivity index (χ2v) is 5.88. The molecular weight excluding hydrogens is 281 g/mol. The molecule has 2 aromatic carbocycles. The fourth-order valence-corrected chi connectivity index (χ4v) is 2.72. The molecule has 0 heterocycles. The fourth-order valence-electron chi connectivity index (χ4n) is 1.61. The summed E-state index contributed by atoms with van der Waals surface area (Å²) in [5.41, 5.74) is 0.562. The minimum atomic E-state index is -3.81. The van der Waals surface area contributed by atoms with Gasteiger partial charge in [-0.15, -0.1) is 0 Å². The molecule has 0 aromatic heterocycles. The highest BCUT2D eigenvalue weighted by atomic mass is 32.2. The number of nitrogens with one attached hydrogen (secondary N) is 1. The maximum atomic E-state index is 12.8. The second-order valence-electron chi connectivity index (χ2n) is 4.20. The molecule has 20 heavy (non-hydrogen) atoms. The van der Waals surface area contributed by atoms with Crippen molar-refractivity contribution in [2.24, 2.45) is 0 Å². The van der Waals surface area contributed by atoms with Gasteiger partial charge in [0.15, 0.2) is 5.78 Å². The lowest BCUT2D eigenvalue weighted by atomic mass is 10.2. The molecule has 1 N–H and O–H groups in total. The third kappa shape index (κ3) is 3.21. The zero-order valence-corrected chi connectivity index (χ0v) is 11.4. The number of halogens is 1. The van der Waals surface area contributed by atoms with Crippen molar-refractivity contribution < 1.29 is 17.6 Å². The first kappa shape index (κ1) is 14.2. The van der Waals surface area contributed by atoms with E-state index in [0.717, 1.165) is 12.1 Å². The number of carbonyl (C=O) groups is 1. The monoisotopic (exact) mass is 293 g/mol. The van der Waals surface area contributed by atoms with Gasteiger partial charge >= 0.3 is 0 Å². The molecule has 4 nitrogen and oxygen atoms in total. The van der Waals surface area contributed by atoms with Crippen LogP contribution in [0.1, 0.15) is 17.3 Å². The average molecular weight is 293 g/mol. The van der Waals surface area contributed by atoms with Crippen LogP contribution in [0.4, 0.5) is 10.1 Å². The van der Waals surface area contributed by atoms with Crippen molar-refractivity contribution >= 4 is 21.5 Å². The van der Waals surface area contributed by atoms with Crippen molar-refractivity contribution in [2.45, 2.75) is 11.8 Å². The van der Waals surface area contributed by atoms with E-state index >= 15 is 0 Å². The Labute approximate surface area is 116 Å². The Morgan fingerprint density at radius 2 is 1.75 bits per heavy atom. The van der Waals surface area contributed by atoms with E-state index in [4.69, 9.17) is 0 Å². The van der Waals surface area contributed by atoms with Crippen LogP contribution >= 0.6 is 0 Å². The lowest BCUT2D eigenvalue weighted by Crippen LogP contribution is -2.13. The van der Waals surface area contributed by atoms with Crippen LogP contribution in [0.3, 0.4) is 0 Å². The van der Waals surface area contributed by atoms with Crippen LogP contribution in [0.25, 0.3) is 0 Å². The summed E-state index contributed by atoms with van der Waals surface area (Å²) < 4.78 is 39.4. The highest BCUT2D eigenvalue weighted by molar-refractivity contribution is 7.92. The Morgan fingerprint density at radius 3 is 2.35 bits per heavy atom. The first-order valence-electron chi connectivity index (χ1n) is 5.78. The highest BCUT2D eigenvalue weighted by Crippen LogP contribution is 2.17. The van der Waals surface area contributed by atoms with E-state index in [1.807, 2.05) is 0 Å². The van der Waals surface area contributed by atoms with Gasteiger partial charge in [-0.2, -0.15) is 0 Å². The van der Waals surface area contributed by atoms with Gasteiger partial charge in [0.1, 0.15) is 5.82 Å². The molecule has 0 atom stereocenters. The summed E-state index contributed by atoms with van der Waals surface area (Å²) in [6.45, 7) is 1.36. The molecule has 0 fully saturated rings. The molecule has 2 rings (SSSR count). The Morgan fingerprint density at radius 1 is 1.10 bits per heavy atom. The highest BCUT2D eigenvalue weighted by Gasteiger charge is 2.15. The molecule has 0 aliphatic heterocycles. The third-order valence-electron chi connectivity index (χ3n) is 2.65. The van der Waals surface area contributed by atoms with Crippen molar-refractivity contribution in [3.63, 3.8) is 0 Å². The summed E-state index contributed by atoms with van der Waals surface area (Å²) in [7, 11) is -3.81. The van der Waals surface area contributed by atoms with E-state index in [1.165, 1.54) is 37.3 Å². The smallest absolute Gasteiger partial charge is 0.261 e. The van der Waals surface area contributed by atoms with Crippen LogP contribution in [0.2, 0.25) is 0 Å². The first-order chi connectivity index (χ1) is 9.38. The summed E-state index contributed by atoms with van der Waals surface area (Å²) in [4.78, 5) is 11.2. The Hall–Kier alpha value is -2.21. The molecule has 0 saturated carbocycles. The normalized spacial score (nSPS) is 11.1. The molecule has 0 radical (unpaired) electrons. The van der Waals surface area contributed by atoms with Gasteiger partial charge in [0, 0.05) is 11.3 Å². The Balaban J connectivity index is 2.33. The predicted molar refractivity (Wildman–Crippen MR) is 73.7 cm³/mol. The number of anilines is 1. The summed E-state index contributed by atoms with van der Waals surface area (Å²) in [6.07, 6.45) is 0. The zero-order chi connectivity index (χ0) is 14.8. The third-order valence-corrected chi connectivity index (χ3v) is 4.03. The largest absolute Gasteiger partial charge is 0.295 e. The van der Waals surface area contributed by atoms with Gasteiger partial charge in [-0.1, -0.05) is 12.1 Å². The van der Waals surface area contributed by atoms with Gasteiger partial charge in [0.25, 0.3) is 10.0 Å². The summed E-state index contributed by atoms with van der Waals surface area (Å²) in [5, 5.41) is 0. The molecule has 0 saturated heterocycles. The van der Waals surface area contributed by atoms with Crippen LogP contribution in [-0.2, 0) is 10.0 Å². The molecule has 0 unspecified atom stereocenters. The van der Waals surface area contributed by atoms with Crippen molar-refractivity contribution in [1.82, 2.24) is 0 Å². The van der Waals surface area contributed by atoms with E-state index < -0.39 is 15.8 Å². The minimum Gasteiger partial charge on any atom is -0.295 e. The van der Waals surface area contributed by atoms with Crippen LogP contribution in [0.5, 0.6) is 0 Å². The van der Waals surface area contributed by atoms with E-state index in [0.29, 0.717) is 5.56 Å². The standard InChI is InChI=1S/C14H12FNO3S/c1-10(17)11-3-2-4-14(9-11)20(18,19)16-13-7-5-12(15)6-8-13/h2-9,16H,1H3. The zero-order valence-electron chi connectivity index (χ0n) is 10.6. The number of sulfonamides is 1. The molecule has 0 spiro atoms. The number of ketones is 1. The molecule has 104 valence electrons. The molecule has 0 bridgehead atoms. The molecule has 0 aliphatic carbocycles.